The van der Waals surface area contributed by atoms with Gasteiger partial charge in [0.05, 0.1) is 0 Å². The molecule has 1 nitrogen and oxygen atoms in total. The molecule has 64 valence electrons. The lowest BCUT2D eigenvalue weighted by atomic mass is 9.91. The Labute approximate surface area is 74.0 Å². The molecular formula is C9H16ClN. The first-order chi connectivity index (χ1) is 5.24. The standard InChI is InChI=1S/C9H16ClN/c1-8(7-10)9-3-5-11(2)6-4-9/h9H,1,3-7H2,2H3. The third-order valence-corrected chi connectivity index (χ3v) is 2.81. The van der Waals surface area contributed by atoms with Gasteiger partial charge in [-0.1, -0.05) is 12.2 Å². The van der Waals surface area contributed by atoms with Crippen molar-refractivity contribution >= 4 is 11.6 Å². The van der Waals surface area contributed by atoms with Gasteiger partial charge >= 0.3 is 0 Å². The molecule has 0 N–H and O–H groups in total. The van der Waals surface area contributed by atoms with Gasteiger partial charge in [-0.2, -0.15) is 0 Å². The molecule has 0 atom stereocenters. The summed E-state index contributed by atoms with van der Waals surface area (Å²) in [6.45, 7) is 6.36. The van der Waals surface area contributed by atoms with E-state index >= 15 is 0 Å². The fourth-order valence-electron chi connectivity index (χ4n) is 1.53. The van der Waals surface area contributed by atoms with Crippen LogP contribution in [0.15, 0.2) is 12.2 Å². The lowest BCUT2D eigenvalue weighted by molar-refractivity contribution is 0.238. The van der Waals surface area contributed by atoms with E-state index in [-0.39, 0.29) is 0 Å². The van der Waals surface area contributed by atoms with Crippen LogP contribution in [0.3, 0.4) is 0 Å². The van der Waals surface area contributed by atoms with Gasteiger partial charge in [0, 0.05) is 5.88 Å². The Morgan fingerprint density at radius 1 is 1.55 bits per heavy atom. The number of likely N-dealkylation sites (tertiary alicyclic amines) is 1. The van der Waals surface area contributed by atoms with Gasteiger partial charge in [-0.15, -0.1) is 11.6 Å². The highest BCUT2D eigenvalue weighted by molar-refractivity contribution is 6.19. The summed E-state index contributed by atoms with van der Waals surface area (Å²) in [5.74, 6) is 1.32. The van der Waals surface area contributed by atoms with E-state index in [2.05, 4.69) is 18.5 Å². The quantitative estimate of drug-likeness (QED) is 0.457. The second kappa shape index (κ2) is 4.13. The summed E-state index contributed by atoms with van der Waals surface area (Å²) in [4.78, 5) is 2.36. The Balaban J connectivity index is 2.33. The molecule has 0 saturated carbocycles. The Morgan fingerprint density at radius 3 is 2.55 bits per heavy atom. The van der Waals surface area contributed by atoms with Gasteiger partial charge in [-0.3, -0.25) is 0 Å². The number of nitrogens with zero attached hydrogens (tertiary/aromatic N) is 1. The minimum atomic E-state index is 0.633. The highest BCUT2D eigenvalue weighted by Crippen LogP contribution is 2.23. The summed E-state index contributed by atoms with van der Waals surface area (Å²) in [6.07, 6.45) is 2.48. The lowest BCUT2D eigenvalue weighted by Gasteiger charge is -2.29. The minimum Gasteiger partial charge on any atom is -0.306 e. The van der Waals surface area contributed by atoms with E-state index in [0.29, 0.717) is 11.8 Å². The molecule has 1 aliphatic rings. The van der Waals surface area contributed by atoms with Gasteiger partial charge in [0.2, 0.25) is 0 Å². The van der Waals surface area contributed by atoms with Gasteiger partial charge in [0.25, 0.3) is 0 Å². The maximum atomic E-state index is 5.71. The number of alkyl halides is 1. The minimum absolute atomic E-state index is 0.633. The van der Waals surface area contributed by atoms with Crippen molar-refractivity contribution < 1.29 is 0 Å². The summed E-state index contributed by atoms with van der Waals surface area (Å²) >= 11 is 5.71. The molecule has 0 spiro atoms. The first kappa shape index (κ1) is 9.08. The molecule has 0 unspecified atom stereocenters. The molecular weight excluding hydrogens is 158 g/mol. The maximum Gasteiger partial charge on any atom is 0.0433 e. The number of piperidine rings is 1. The molecule has 2 heteroatoms. The highest BCUT2D eigenvalue weighted by Gasteiger charge is 2.17. The van der Waals surface area contributed by atoms with Crippen LogP contribution in [0.5, 0.6) is 0 Å². The van der Waals surface area contributed by atoms with Crippen molar-refractivity contribution in [1.82, 2.24) is 4.90 Å². The number of halogens is 1. The van der Waals surface area contributed by atoms with Crippen LogP contribution >= 0.6 is 11.6 Å². The summed E-state index contributed by atoms with van der Waals surface area (Å²) in [5.41, 5.74) is 1.22. The normalized spacial score (nSPS) is 22.0. The van der Waals surface area contributed by atoms with Crippen LogP contribution < -0.4 is 0 Å². The van der Waals surface area contributed by atoms with Crippen molar-refractivity contribution in [3.05, 3.63) is 12.2 Å². The highest BCUT2D eigenvalue weighted by atomic mass is 35.5. The van der Waals surface area contributed by atoms with Crippen LogP contribution in [-0.2, 0) is 0 Å². The molecule has 0 aromatic heterocycles. The average molecular weight is 174 g/mol. The molecule has 1 rings (SSSR count). The van der Waals surface area contributed by atoms with Crippen molar-refractivity contribution in [1.29, 1.82) is 0 Å². The van der Waals surface area contributed by atoms with Gasteiger partial charge in [0.15, 0.2) is 0 Å². The average Bonchev–Trinajstić information content (AvgIpc) is 2.05. The molecule has 0 aromatic carbocycles. The van der Waals surface area contributed by atoms with Crippen LogP contribution in [0.4, 0.5) is 0 Å². The van der Waals surface area contributed by atoms with E-state index in [1.807, 2.05) is 0 Å². The van der Waals surface area contributed by atoms with Crippen LogP contribution in [0.1, 0.15) is 12.8 Å². The van der Waals surface area contributed by atoms with Gasteiger partial charge in [-0.25, -0.2) is 0 Å². The van der Waals surface area contributed by atoms with Crippen molar-refractivity contribution in [2.45, 2.75) is 12.8 Å². The van der Waals surface area contributed by atoms with E-state index in [9.17, 15) is 0 Å². The van der Waals surface area contributed by atoms with Gasteiger partial charge in [-0.05, 0) is 38.9 Å². The van der Waals surface area contributed by atoms with Crippen LogP contribution in [-0.4, -0.2) is 30.9 Å². The molecule has 1 saturated heterocycles. The Bertz CT molecular complexity index is 136. The van der Waals surface area contributed by atoms with E-state index in [0.717, 1.165) is 0 Å². The smallest absolute Gasteiger partial charge is 0.0433 e. The van der Waals surface area contributed by atoms with Gasteiger partial charge in [0.1, 0.15) is 0 Å². The first-order valence-electron chi connectivity index (χ1n) is 4.16. The molecule has 1 aliphatic heterocycles. The zero-order valence-corrected chi connectivity index (χ0v) is 7.90. The zero-order chi connectivity index (χ0) is 8.27. The monoisotopic (exact) mass is 173 g/mol. The molecule has 0 aliphatic carbocycles. The number of allylic oxidation sites excluding steroid dienone is 1. The number of hydrogen-bond acceptors (Lipinski definition) is 1. The second-order valence-electron chi connectivity index (χ2n) is 3.37. The van der Waals surface area contributed by atoms with E-state index in [1.54, 1.807) is 0 Å². The predicted octanol–water partition coefficient (Wildman–Crippen LogP) is 2.12. The summed E-state index contributed by atoms with van der Waals surface area (Å²) in [5, 5.41) is 0. The van der Waals surface area contributed by atoms with E-state index < -0.39 is 0 Å². The molecule has 1 fully saturated rings. The first-order valence-corrected chi connectivity index (χ1v) is 4.69. The van der Waals surface area contributed by atoms with Crippen molar-refractivity contribution in [2.75, 3.05) is 26.0 Å². The molecule has 0 bridgehead atoms. The van der Waals surface area contributed by atoms with E-state index in [1.165, 1.54) is 31.5 Å². The van der Waals surface area contributed by atoms with Crippen LogP contribution in [0, 0.1) is 5.92 Å². The van der Waals surface area contributed by atoms with E-state index in [4.69, 9.17) is 11.6 Å². The van der Waals surface area contributed by atoms with Crippen LogP contribution in [0.25, 0.3) is 0 Å². The van der Waals surface area contributed by atoms with Crippen molar-refractivity contribution in [2.24, 2.45) is 5.92 Å². The molecule has 11 heavy (non-hydrogen) atoms. The molecule has 0 radical (unpaired) electrons. The summed E-state index contributed by atoms with van der Waals surface area (Å²) in [6, 6.07) is 0. The summed E-state index contributed by atoms with van der Waals surface area (Å²) in [7, 11) is 2.17. The molecule has 0 amide bonds. The Kier molecular flexibility index (Phi) is 3.41. The SMILES string of the molecule is C=C(CCl)C1CCN(C)CC1. The number of hydrogen-bond donors (Lipinski definition) is 0. The summed E-state index contributed by atoms with van der Waals surface area (Å²) < 4.78 is 0. The Hall–Kier alpha value is -0.0100. The van der Waals surface area contributed by atoms with Crippen molar-refractivity contribution in [3.63, 3.8) is 0 Å². The third kappa shape index (κ3) is 2.49. The zero-order valence-electron chi connectivity index (χ0n) is 7.15. The lowest BCUT2D eigenvalue weighted by Crippen LogP contribution is -2.30. The molecule has 1 heterocycles. The maximum absolute atomic E-state index is 5.71. The fourth-order valence-corrected chi connectivity index (χ4v) is 1.74. The number of rotatable bonds is 2. The third-order valence-electron chi connectivity index (χ3n) is 2.47. The fraction of sp³-hybridized carbons (Fsp3) is 0.778. The topological polar surface area (TPSA) is 3.24 Å². The Morgan fingerprint density at radius 2 is 2.09 bits per heavy atom. The second-order valence-corrected chi connectivity index (χ2v) is 3.64. The van der Waals surface area contributed by atoms with Crippen LogP contribution in [0.2, 0.25) is 0 Å². The predicted molar refractivity (Wildman–Crippen MR) is 50.1 cm³/mol. The molecule has 0 aromatic rings. The van der Waals surface area contributed by atoms with Crippen molar-refractivity contribution in [3.8, 4) is 0 Å². The largest absolute Gasteiger partial charge is 0.306 e. The van der Waals surface area contributed by atoms with Gasteiger partial charge < -0.3 is 4.90 Å².